The number of esters is 2. The van der Waals surface area contributed by atoms with E-state index in [9.17, 15) is 14.4 Å². The van der Waals surface area contributed by atoms with Crippen molar-refractivity contribution in [2.24, 2.45) is 7.05 Å². The molecule has 29 heavy (non-hydrogen) atoms. The molecule has 0 aliphatic rings. The molecular weight excluding hydrogens is 394 g/mol. The summed E-state index contributed by atoms with van der Waals surface area (Å²) >= 11 is 1.29. The number of hydrogen-bond acceptors (Lipinski definition) is 7. The summed E-state index contributed by atoms with van der Waals surface area (Å²) in [6, 6.07) is 1.70. The Morgan fingerprint density at radius 1 is 1.24 bits per heavy atom. The summed E-state index contributed by atoms with van der Waals surface area (Å²) in [5.41, 5.74) is 2.84. The molecule has 0 saturated heterocycles. The molecule has 2 heterocycles. The van der Waals surface area contributed by atoms with E-state index in [1.54, 1.807) is 23.7 Å². The van der Waals surface area contributed by atoms with Gasteiger partial charge in [0.05, 0.1) is 17.9 Å². The van der Waals surface area contributed by atoms with E-state index in [0.717, 1.165) is 28.2 Å². The number of nitrogens with zero attached hydrogens (tertiary/aromatic N) is 2. The largest absolute Gasteiger partial charge is 0.462 e. The van der Waals surface area contributed by atoms with Crippen molar-refractivity contribution in [1.29, 1.82) is 0 Å². The first-order chi connectivity index (χ1) is 13.8. The molecule has 2 aromatic rings. The monoisotopic (exact) mass is 419 g/mol. The summed E-state index contributed by atoms with van der Waals surface area (Å²) in [5, 5.41) is 7.27. The number of carbonyl (C=O) groups excluding carboxylic acids is 3. The Morgan fingerprint density at radius 2 is 1.97 bits per heavy atom. The minimum absolute atomic E-state index is 0.239. The SMILES string of the molecule is CCOC(=O)c1cc(CC)sc1NC(=O)COC(=O)/C=C/c1c(C)nn(C)c1C. The molecule has 0 aliphatic heterocycles. The van der Waals surface area contributed by atoms with Gasteiger partial charge in [-0.15, -0.1) is 11.3 Å². The molecule has 1 N–H and O–H groups in total. The van der Waals surface area contributed by atoms with Crippen LogP contribution in [0.4, 0.5) is 5.00 Å². The van der Waals surface area contributed by atoms with Gasteiger partial charge in [-0.25, -0.2) is 9.59 Å². The second-order valence-electron chi connectivity index (χ2n) is 6.23. The lowest BCUT2D eigenvalue weighted by molar-refractivity contribution is -0.142. The Hall–Kier alpha value is -2.94. The van der Waals surface area contributed by atoms with Crippen LogP contribution in [0.3, 0.4) is 0 Å². The highest BCUT2D eigenvalue weighted by molar-refractivity contribution is 7.16. The summed E-state index contributed by atoms with van der Waals surface area (Å²) in [4.78, 5) is 37.1. The highest BCUT2D eigenvalue weighted by atomic mass is 32.1. The van der Waals surface area contributed by atoms with Gasteiger partial charge in [0.15, 0.2) is 6.61 Å². The Kier molecular flexibility index (Phi) is 7.72. The Balaban J connectivity index is 1.96. The topological polar surface area (TPSA) is 99.5 Å². The van der Waals surface area contributed by atoms with Gasteiger partial charge >= 0.3 is 11.9 Å². The van der Waals surface area contributed by atoms with Gasteiger partial charge < -0.3 is 14.8 Å². The summed E-state index contributed by atoms with van der Waals surface area (Å²) < 4.78 is 11.7. The second kappa shape index (κ2) is 10.0. The fourth-order valence-corrected chi connectivity index (χ4v) is 3.60. The quantitative estimate of drug-likeness (QED) is 0.522. The Bertz CT molecular complexity index is 942. The molecule has 0 aliphatic carbocycles. The molecule has 0 radical (unpaired) electrons. The molecule has 0 bridgehead atoms. The lowest BCUT2D eigenvalue weighted by Gasteiger charge is -2.06. The molecule has 0 spiro atoms. The molecule has 9 heteroatoms. The van der Waals surface area contributed by atoms with Crippen molar-refractivity contribution in [2.45, 2.75) is 34.1 Å². The number of carbonyl (C=O) groups is 3. The fourth-order valence-electron chi connectivity index (χ4n) is 2.60. The maximum absolute atomic E-state index is 12.2. The number of aryl methyl sites for hydroxylation is 3. The van der Waals surface area contributed by atoms with Crippen LogP contribution in [0.15, 0.2) is 12.1 Å². The van der Waals surface area contributed by atoms with E-state index >= 15 is 0 Å². The predicted molar refractivity (Wildman–Crippen MR) is 111 cm³/mol. The fraction of sp³-hybridized carbons (Fsp3) is 0.400. The van der Waals surface area contributed by atoms with Crippen molar-refractivity contribution in [3.8, 4) is 0 Å². The number of nitrogens with one attached hydrogen (secondary N) is 1. The van der Waals surface area contributed by atoms with Gasteiger partial charge in [-0.2, -0.15) is 5.10 Å². The molecule has 0 atom stereocenters. The van der Waals surface area contributed by atoms with Gasteiger partial charge in [-0.3, -0.25) is 9.48 Å². The summed E-state index contributed by atoms with van der Waals surface area (Å²) in [5.74, 6) is -1.68. The molecule has 0 fully saturated rings. The van der Waals surface area contributed by atoms with Crippen LogP contribution < -0.4 is 5.32 Å². The van der Waals surface area contributed by atoms with Gasteiger partial charge in [0.2, 0.25) is 0 Å². The zero-order valence-electron chi connectivity index (χ0n) is 17.2. The second-order valence-corrected chi connectivity index (χ2v) is 7.36. The number of hydrogen-bond donors (Lipinski definition) is 1. The molecule has 156 valence electrons. The lowest BCUT2D eigenvalue weighted by Crippen LogP contribution is -2.21. The van der Waals surface area contributed by atoms with Crippen LogP contribution in [0.25, 0.3) is 6.08 Å². The third kappa shape index (κ3) is 5.77. The van der Waals surface area contributed by atoms with E-state index in [-0.39, 0.29) is 6.61 Å². The number of ether oxygens (including phenoxy) is 2. The van der Waals surface area contributed by atoms with Crippen LogP contribution in [-0.4, -0.2) is 40.8 Å². The smallest absolute Gasteiger partial charge is 0.341 e. The van der Waals surface area contributed by atoms with Crippen LogP contribution in [0.5, 0.6) is 0 Å². The molecule has 0 saturated carbocycles. The maximum Gasteiger partial charge on any atom is 0.341 e. The van der Waals surface area contributed by atoms with Crippen LogP contribution in [-0.2, 0) is 32.5 Å². The molecule has 1 amide bonds. The Morgan fingerprint density at radius 3 is 2.55 bits per heavy atom. The average Bonchev–Trinajstić information content (AvgIpc) is 3.19. The summed E-state index contributed by atoms with van der Waals surface area (Å²) in [6.45, 7) is 7.18. The molecule has 2 aromatic heterocycles. The Labute approximate surface area is 173 Å². The van der Waals surface area contributed by atoms with E-state index < -0.39 is 24.5 Å². The van der Waals surface area contributed by atoms with Gasteiger partial charge in [0, 0.05) is 29.3 Å². The van der Waals surface area contributed by atoms with Crippen molar-refractivity contribution < 1.29 is 23.9 Å². The summed E-state index contributed by atoms with van der Waals surface area (Å²) in [7, 11) is 1.82. The first-order valence-electron chi connectivity index (χ1n) is 9.21. The minimum Gasteiger partial charge on any atom is -0.462 e. The number of thiophene rings is 1. The van der Waals surface area contributed by atoms with Gasteiger partial charge in [-0.1, -0.05) is 6.92 Å². The van der Waals surface area contributed by atoms with Crippen molar-refractivity contribution in [1.82, 2.24) is 9.78 Å². The van der Waals surface area contributed by atoms with E-state index in [4.69, 9.17) is 9.47 Å². The number of anilines is 1. The molecule has 0 aromatic carbocycles. The highest BCUT2D eigenvalue weighted by Gasteiger charge is 2.19. The standard InChI is InChI=1S/C20H25N3O5S/c1-6-14-10-16(20(26)27-7-2)19(29-14)21-17(24)11-28-18(25)9-8-15-12(3)22-23(5)13(15)4/h8-10H,6-7,11H2,1-5H3,(H,21,24)/b9-8+. The lowest BCUT2D eigenvalue weighted by atomic mass is 10.2. The van der Waals surface area contributed by atoms with Crippen LogP contribution in [0.2, 0.25) is 0 Å². The van der Waals surface area contributed by atoms with Crippen LogP contribution >= 0.6 is 11.3 Å². The van der Waals surface area contributed by atoms with Gasteiger partial charge in [0.1, 0.15) is 5.00 Å². The van der Waals surface area contributed by atoms with Crippen LogP contribution in [0.1, 0.15) is 46.0 Å². The first-order valence-corrected chi connectivity index (χ1v) is 10.0. The number of rotatable bonds is 8. The molecular formula is C20H25N3O5S. The summed E-state index contributed by atoms with van der Waals surface area (Å²) in [6.07, 6.45) is 3.60. The third-order valence-corrected chi connectivity index (χ3v) is 5.37. The van der Waals surface area contributed by atoms with Crippen molar-refractivity contribution >= 4 is 40.3 Å². The van der Waals surface area contributed by atoms with Crippen molar-refractivity contribution in [3.05, 3.63) is 39.5 Å². The number of aromatic nitrogens is 2. The number of amides is 1. The van der Waals surface area contributed by atoms with Crippen molar-refractivity contribution in [2.75, 3.05) is 18.5 Å². The van der Waals surface area contributed by atoms with E-state index in [2.05, 4.69) is 10.4 Å². The van der Waals surface area contributed by atoms with E-state index in [1.165, 1.54) is 17.4 Å². The van der Waals surface area contributed by atoms with Gasteiger partial charge in [0.25, 0.3) is 5.91 Å². The average molecular weight is 420 g/mol. The van der Waals surface area contributed by atoms with Crippen molar-refractivity contribution in [3.63, 3.8) is 0 Å². The molecule has 8 nitrogen and oxygen atoms in total. The van der Waals surface area contributed by atoms with E-state index in [0.29, 0.717) is 10.6 Å². The molecule has 0 unspecified atom stereocenters. The zero-order chi connectivity index (χ0) is 21.6. The predicted octanol–water partition coefficient (Wildman–Crippen LogP) is 3.03. The van der Waals surface area contributed by atoms with Crippen LogP contribution in [0, 0.1) is 13.8 Å². The highest BCUT2D eigenvalue weighted by Crippen LogP contribution is 2.29. The maximum atomic E-state index is 12.2. The minimum atomic E-state index is -0.645. The van der Waals surface area contributed by atoms with Gasteiger partial charge in [-0.05, 0) is 39.3 Å². The first kappa shape index (κ1) is 22.4. The van der Waals surface area contributed by atoms with E-state index in [1.807, 2.05) is 27.8 Å². The zero-order valence-corrected chi connectivity index (χ0v) is 18.0. The molecule has 2 rings (SSSR count). The third-order valence-electron chi connectivity index (χ3n) is 4.18. The normalized spacial score (nSPS) is 10.9.